The molecular formula is C46H30N2O. The Hall–Kier alpha value is -6.58. The van der Waals surface area contributed by atoms with Crippen LogP contribution in [0, 0.1) is 0 Å². The van der Waals surface area contributed by atoms with Gasteiger partial charge in [-0.25, -0.2) is 0 Å². The summed E-state index contributed by atoms with van der Waals surface area (Å²) >= 11 is 0. The van der Waals surface area contributed by atoms with Gasteiger partial charge in [-0.2, -0.15) is 0 Å². The number of furan rings is 1. The van der Waals surface area contributed by atoms with E-state index in [4.69, 9.17) is 4.42 Å². The maximum absolute atomic E-state index is 6.38. The van der Waals surface area contributed by atoms with Crippen LogP contribution in [0.2, 0.25) is 0 Å². The van der Waals surface area contributed by atoms with Crippen LogP contribution in [0.4, 0.5) is 17.1 Å². The average molecular weight is 627 g/mol. The van der Waals surface area contributed by atoms with E-state index in [9.17, 15) is 0 Å². The Labute approximate surface area is 283 Å². The molecule has 0 radical (unpaired) electrons. The topological polar surface area (TPSA) is 21.3 Å². The largest absolute Gasteiger partial charge is 0.456 e. The molecule has 0 amide bonds. The lowest BCUT2D eigenvalue weighted by molar-refractivity contribution is 0.669. The van der Waals surface area contributed by atoms with Crippen LogP contribution < -0.4 is 4.90 Å². The van der Waals surface area contributed by atoms with Crippen molar-refractivity contribution in [2.24, 2.45) is 0 Å². The second-order valence-electron chi connectivity index (χ2n) is 12.6. The Kier molecular flexibility index (Phi) is 6.18. The maximum Gasteiger partial charge on any atom is 0.137 e. The molecule has 0 atom stereocenters. The molecule has 0 fully saturated rings. The van der Waals surface area contributed by atoms with E-state index in [2.05, 4.69) is 179 Å². The first kappa shape index (κ1) is 27.5. The molecule has 0 N–H and O–H groups in total. The Balaban J connectivity index is 1.21. The van der Waals surface area contributed by atoms with Gasteiger partial charge in [-0.1, -0.05) is 115 Å². The standard InChI is InChI=1S/C46H30N2O/c1-3-11-31(12-4-1)32-19-22-35(23-20-32)47(37-24-27-40-39-17-9-10-18-44(39)49-45(40)30-37)36-25-28-43-42(29-36)41-26-21-33-13-7-8-16-38(33)46(41)48(43)34-14-5-2-6-15-34/h1-30H. The van der Waals surface area contributed by atoms with Crippen molar-refractivity contribution in [3.8, 4) is 16.8 Å². The number of rotatable bonds is 5. The highest BCUT2D eigenvalue weighted by Gasteiger charge is 2.20. The van der Waals surface area contributed by atoms with E-state index in [1.165, 1.54) is 43.7 Å². The van der Waals surface area contributed by atoms with Crippen LogP contribution >= 0.6 is 0 Å². The molecule has 3 heteroatoms. The van der Waals surface area contributed by atoms with Gasteiger partial charge in [-0.3, -0.25) is 0 Å². The normalized spacial score (nSPS) is 11.7. The number of fused-ring (bicyclic) bond motifs is 8. The molecule has 2 heterocycles. The fourth-order valence-corrected chi connectivity index (χ4v) is 7.49. The lowest BCUT2D eigenvalue weighted by atomic mass is 10.0. The smallest absolute Gasteiger partial charge is 0.137 e. The van der Waals surface area contributed by atoms with Crippen molar-refractivity contribution in [3.63, 3.8) is 0 Å². The van der Waals surface area contributed by atoms with Gasteiger partial charge in [0.25, 0.3) is 0 Å². The molecule has 49 heavy (non-hydrogen) atoms. The van der Waals surface area contributed by atoms with Crippen molar-refractivity contribution in [2.45, 2.75) is 0 Å². The number of hydrogen-bond donors (Lipinski definition) is 0. The van der Waals surface area contributed by atoms with E-state index in [-0.39, 0.29) is 0 Å². The summed E-state index contributed by atoms with van der Waals surface area (Å²) < 4.78 is 8.80. The Morgan fingerprint density at radius 2 is 1.00 bits per heavy atom. The van der Waals surface area contributed by atoms with Gasteiger partial charge >= 0.3 is 0 Å². The number of anilines is 3. The highest BCUT2D eigenvalue weighted by molar-refractivity contribution is 6.19. The van der Waals surface area contributed by atoms with Gasteiger partial charge in [0.15, 0.2) is 0 Å². The zero-order chi connectivity index (χ0) is 32.3. The first-order valence-electron chi connectivity index (χ1n) is 16.7. The van der Waals surface area contributed by atoms with Gasteiger partial charge in [-0.15, -0.1) is 0 Å². The fraction of sp³-hybridized carbons (Fsp3) is 0. The minimum Gasteiger partial charge on any atom is -0.456 e. The number of para-hydroxylation sites is 2. The highest BCUT2D eigenvalue weighted by Crippen LogP contribution is 2.43. The van der Waals surface area contributed by atoms with Crippen LogP contribution in [0.3, 0.4) is 0 Å². The molecule has 3 nitrogen and oxygen atoms in total. The number of aromatic nitrogens is 1. The zero-order valence-electron chi connectivity index (χ0n) is 26.6. The van der Waals surface area contributed by atoms with E-state index >= 15 is 0 Å². The molecule has 0 unspecified atom stereocenters. The third-order valence-corrected chi connectivity index (χ3v) is 9.76. The van der Waals surface area contributed by atoms with Crippen molar-refractivity contribution >= 4 is 71.6 Å². The van der Waals surface area contributed by atoms with Crippen molar-refractivity contribution in [1.82, 2.24) is 4.57 Å². The molecule has 230 valence electrons. The fourth-order valence-electron chi connectivity index (χ4n) is 7.49. The van der Waals surface area contributed by atoms with Crippen molar-refractivity contribution < 1.29 is 4.42 Å². The molecule has 10 aromatic rings. The third kappa shape index (κ3) is 4.44. The minimum atomic E-state index is 0.873. The van der Waals surface area contributed by atoms with E-state index in [0.29, 0.717) is 0 Å². The summed E-state index contributed by atoms with van der Waals surface area (Å²) in [5, 5.41) is 7.15. The lowest BCUT2D eigenvalue weighted by Crippen LogP contribution is -2.09. The minimum absolute atomic E-state index is 0.873. The van der Waals surface area contributed by atoms with Crippen LogP contribution in [0.15, 0.2) is 186 Å². The second kappa shape index (κ2) is 11.0. The molecule has 0 bridgehead atoms. The molecular weight excluding hydrogens is 597 g/mol. The van der Waals surface area contributed by atoms with Crippen LogP contribution in [0.5, 0.6) is 0 Å². The van der Waals surface area contributed by atoms with Crippen LogP contribution in [0.1, 0.15) is 0 Å². The molecule has 0 spiro atoms. The number of nitrogens with zero attached hydrogens (tertiary/aromatic N) is 2. The summed E-state index contributed by atoms with van der Waals surface area (Å²) in [7, 11) is 0. The van der Waals surface area contributed by atoms with Crippen molar-refractivity contribution in [2.75, 3.05) is 4.90 Å². The van der Waals surface area contributed by atoms with Crippen molar-refractivity contribution in [1.29, 1.82) is 0 Å². The van der Waals surface area contributed by atoms with E-state index < -0.39 is 0 Å². The molecule has 0 aliphatic carbocycles. The Bertz CT molecular complexity index is 2810. The summed E-state index contributed by atoms with van der Waals surface area (Å²) in [4.78, 5) is 2.34. The summed E-state index contributed by atoms with van der Waals surface area (Å²) in [5.41, 5.74) is 10.9. The number of benzene rings is 8. The molecule has 0 saturated heterocycles. The SMILES string of the molecule is c1ccc(-c2ccc(N(c3ccc4c(c3)oc3ccccc34)c3ccc4c(c3)c3ccc5ccccc5c3n4-c3ccccc3)cc2)cc1. The Morgan fingerprint density at radius 1 is 0.388 bits per heavy atom. The molecule has 8 aromatic carbocycles. The van der Waals surface area contributed by atoms with Gasteiger partial charge < -0.3 is 13.9 Å². The van der Waals surface area contributed by atoms with Crippen molar-refractivity contribution in [3.05, 3.63) is 182 Å². The van der Waals surface area contributed by atoms with Crippen LogP contribution in [-0.4, -0.2) is 4.57 Å². The maximum atomic E-state index is 6.38. The predicted octanol–water partition coefficient (Wildman–Crippen LogP) is 13.0. The molecule has 10 rings (SSSR count). The lowest BCUT2D eigenvalue weighted by Gasteiger charge is -2.26. The van der Waals surface area contributed by atoms with Crippen LogP contribution in [0.25, 0.3) is 71.3 Å². The summed E-state index contributed by atoms with van der Waals surface area (Å²) in [6.07, 6.45) is 0. The van der Waals surface area contributed by atoms with Gasteiger partial charge in [0.1, 0.15) is 11.2 Å². The Morgan fingerprint density at radius 3 is 1.84 bits per heavy atom. The first-order chi connectivity index (χ1) is 24.3. The highest BCUT2D eigenvalue weighted by atomic mass is 16.3. The second-order valence-corrected chi connectivity index (χ2v) is 12.6. The van der Waals surface area contributed by atoms with Crippen LogP contribution in [-0.2, 0) is 0 Å². The van der Waals surface area contributed by atoms with E-state index in [0.717, 1.165) is 44.7 Å². The molecule has 0 aliphatic heterocycles. The zero-order valence-corrected chi connectivity index (χ0v) is 26.6. The first-order valence-corrected chi connectivity index (χ1v) is 16.7. The van der Waals surface area contributed by atoms with Gasteiger partial charge in [0.05, 0.1) is 11.0 Å². The molecule has 0 saturated carbocycles. The monoisotopic (exact) mass is 626 g/mol. The van der Waals surface area contributed by atoms with E-state index in [1.807, 2.05) is 12.1 Å². The summed E-state index contributed by atoms with van der Waals surface area (Å²) in [6, 6.07) is 65.0. The summed E-state index contributed by atoms with van der Waals surface area (Å²) in [5.74, 6) is 0. The van der Waals surface area contributed by atoms with E-state index in [1.54, 1.807) is 0 Å². The number of hydrogen-bond acceptors (Lipinski definition) is 2. The molecule has 2 aromatic heterocycles. The van der Waals surface area contributed by atoms with Gasteiger partial charge in [-0.05, 0) is 77.2 Å². The van der Waals surface area contributed by atoms with Gasteiger partial charge in [0.2, 0.25) is 0 Å². The van der Waals surface area contributed by atoms with Gasteiger partial charge in [0, 0.05) is 55.7 Å². The summed E-state index contributed by atoms with van der Waals surface area (Å²) in [6.45, 7) is 0. The molecule has 0 aliphatic rings. The average Bonchev–Trinajstić information content (AvgIpc) is 3.71. The quantitative estimate of drug-likeness (QED) is 0.190. The predicted molar refractivity (Wildman–Crippen MR) is 206 cm³/mol. The third-order valence-electron chi connectivity index (χ3n) is 9.76.